The molecular formula is C35H41NNiSe. The number of hydrogen-bond donors (Lipinski definition) is 0. The number of nitrogens with zero attached hydrogens (tertiary/aromatic N) is 1. The molecule has 2 aliphatic carbocycles. The van der Waals surface area contributed by atoms with Gasteiger partial charge in [0.05, 0.1) is 0 Å². The van der Waals surface area contributed by atoms with Crippen LogP contribution in [0.2, 0.25) is 4.31 Å². The molecule has 202 valence electrons. The van der Waals surface area contributed by atoms with Crippen molar-refractivity contribution in [2.45, 2.75) is 87.9 Å². The summed E-state index contributed by atoms with van der Waals surface area (Å²) in [4.78, 5) is 5.47. The molecule has 3 heteroatoms. The van der Waals surface area contributed by atoms with E-state index in [2.05, 4.69) is 98.0 Å². The van der Waals surface area contributed by atoms with Gasteiger partial charge in [0.1, 0.15) is 0 Å². The van der Waals surface area contributed by atoms with E-state index in [9.17, 15) is 0 Å². The molecule has 2 unspecified atom stereocenters. The maximum atomic E-state index is 5.47. The number of allylic oxidation sites excluding steroid dienone is 8. The maximum absolute atomic E-state index is 5.47. The van der Waals surface area contributed by atoms with Gasteiger partial charge in [0.15, 0.2) is 0 Å². The fourth-order valence-electron chi connectivity index (χ4n) is 5.90. The predicted octanol–water partition coefficient (Wildman–Crippen LogP) is 8.80. The van der Waals surface area contributed by atoms with Crippen molar-refractivity contribution in [1.29, 1.82) is 0 Å². The van der Waals surface area contributed by atoms with Crippen LogP contribution in [-0.4, -0.2) is 26.7 Å². The van der Waals surface area contributed by atoms with E-state index < -0.39 is 0 Å². The minimum atomic E-state index is 0. The Hall–Kier alpha value is -1.92. The van der Waals surface area contributed by atoms with Gasteiger partial charge < -0.3 is 0 Å². The van der Waals surface area contributed by atoms with Gasteiger partial charge in [-0.3, -0.25) is 0 Å². The third kappa shape index (κ3) is 7.82. The Labute approximate surface area is 246 Å². The average molecular weight is 613 g/mol. The molecule has 3 aliphatic rings. The summed E-state index contributed by atoms with van der Waals surface area (Å²) in [5.41, 5.74) is 7.18. The van der Waals surface area contributed by atoms with Gasteiger partial charge in [0.2, 0.25) is 0 Å². The van der Waals surface area contributed by atoms with Gasteiger partial charge in [-0.05, 0) is 0 Å². The van der Waals surface area contributed by atoms with Crippen LogP contribution in [0, 0.1) is 0 Å². The zero-order valence-corrected chi connectivity index (χ0v) is 25.4. The summed E-state index contributed by atoms with van der Waals surface area (Å²) in [5.74, 6) is 0. The van der Waals surface area contributed by atoms with E-state index in [4.69, 9.17) is 4.99 Å². The normalized spacial score (nSPS) is 21.5. The van der Waals surface area contributed by atoms with Crippen molar-refractivity contribution >= 4 is 30.7 Å². The summed E-state index contributed by atoms with van der Waals surface area (Å²) in [5, 5.41) is 0. The van der Waals surface area contributed by atoms with E-state index >= 15 is 0 Å². The van der Waals surface area contributed by atoms with E-state index in [0.717, 1.165) is 32.1 Å². The number of rotatable bonds is 7. The van der Waals surface area contributed by atoms with Gasteiger partial charge in [-0.2, -0.15) is 0 Å². The molecule has 1 aliphatic heterocycles. The maximum Gasteiger partial charge on any atom is 0 e. The molecule has 0 spiro atoms. The molecule has 5 rings (SSSR count). The van der Waals surface area contributed by atoms with E-state index in [0.29, 0.717) is 21.0 Å². The number of aliphatic imine (C=N–C) groups is 1. The van der Waals surface area contributed by atoms with Crippen molar-refractivity contribution in [3.8, 4) is 0 Å². The Morgan fingerprint density at radius 2 is 1.39 bits per heavy atom. The van der Waals surface area contributed by atoms with E-state index in [1.165, 1.54) is 65.4 Å². The fourth-order valence-corrected chi connectivity index (χ4v) is 8.83. The van der Waals surface area contributed by atoms with Gasteiger partial charge in [-0.1, -0.05) is 6.08 Å². The zero-order valence-electron chi connectivity index (χ0n) is 22.7. The van der Waals surface area contributed by atoms with Crippen LogP contribution in [0.5, 0.6) is 0 Å². The van der Waals surface area contributed by atoms with Crippen molar-refractivity contribution in [2.24, 2.45) is 4.99 Å². The molecule has 0 N–H and O–H groups in total. The van der Waals surface area contributed by atoms with E-state index in [1.54, 1.807) is 5.57 Å². The smallest absolute Gasteiger partial charge is 0 e. The Morgan fingerprint density at radius 1 is 0.737 bits per heavy atom. The van der Waals surface area contributed by atoms with Crippen molar-refractivity contribution in [2.75, 3.05) is 0 Å². The van der Waals surface area contributed by atoms with Crippen LogP contribution in [0.15, 0.2) is 102 Å². The van der Waals surface area contributed by atoms with Gasteiger partial charge in [-0.15, -0.1) is 0 Å². The monoisotopic (exact) mass is 613 g/mol. The standard InChI is InChI=1S/C35H41NSe.Ni/c1-35(37-32-19-13-8-14-20-32,27-28-15-9-4-2-5-10-16-28)34-26-25-33(36-34)31-23-21-30(22-24-31)29-17-11-6-3-7-12-18-29;/h2-4,6,8,13-14,16,18-24,34H,5,7,9-12,15,17,25-27H2,1H3;. The average Bonchev–Trinajstić information content (AvgIpc) is 3.38. The van der Waals surface area contributed by atoms with E-state index in [1.807, 2.05) is 0 Å². The second-order valence-corrected chi connectivity index (χ2v) is 14.3. The Balaban J connectivity index is 0.00000336. The first kappa shape index (κ1) is 29.1. The van der Waals surface area contributed by atoms with Gasteiger partial charge in [0, 0.05) is 16.5 Å². The van der Waals surface area contributed by atoms with E-state index in [-0.39, 0.29) is 20.8 Å². The van der Waals surface area contributed by atoms with Crippen molar-refractivity contribution < 1.29 is 16.5 Å². The molecule has 38 heavy (non-hydrogen) atoms. The summed E-state index contributed by atoms with van der Waals surface area (Å²) in [6.45, 7) is 2.53. The molecule has 1 nitrogen and oxygen atoms in total. The molecule has 2 aromatic rings. The Kier molecular flexibility index (Phi) is 11.1. The second kappa shape index (κ2) is 14.5. The summed E-state index contributed by atoms with van der Waals surface area (Å²) in [6.07, 6.45) is 27.2. The molecule has 0 amide bonds. The molecule has 2 atom stereocenters. The molecule has 2 aromatic carbocycles. The zero-order chi connectivity index (χ0) is 25.3. The first-order chi connectivity index (χ1) is 18.2. The molecule has 0 saturated heterocycles. The van der Waals surface area contributed by atoms with Crippen LogP contribution >= 0.6 is 0 Å². The predicted molar refractivity (Wildman–Crippen MR) is 162 cm³/mol. The quantitative estimate of drug-likeness (QED) is 0.219. The van der Waals surface area contributed by atoms with Crippen LogP contribution < -0.4 is 4.46 Å². The largest absolute Gasteiger partial charge is 0 e. The van der Waals surface area contributed by atoms with Crippen LogP contribution in [0.25, 0.3) is 5.57 Å². The Morgan fingerprint density at radius 3 is 2.16 bits per heavy atom. The third-order valence-electron chi connectivity index (χ3n) is 7.97. The number of benzene rings is 2. The van der Waals surface area contributed by atoms with Gasteiger partial charge in [-0.25, -0.2) is 0 Å². The third-order valence-corrected chi connectivity index (χ3v) is 10.9. The van der Waals surface area contributed by atoms with Crippen molar-refractivity contribution in [1.82, 2.24) is 0 Å². The molecule has 1 heterocycles. The topological polar surface area (TPSA) is 12.4 Å². The first-order valence-corrected chi connectivity index (χ1v) is 16.0. The minimum Gasteiger partial charge on any atom is 0 e. The summed E-state index contributed by atoms with van der Waals surface area (Å²) in [6, 6.07) is 20.9. The molecular weight excluding hydrogens is 572 g/mol. The Bertz CT molecular complexity index is 1190. The minimum absolute atomic E-state index is 0. The van der Waals surface area contributed by atoms with Crippen LogP contribution in [0.1, 0.15) is 88.7 Å². The first-order valence-electron chi connectivity index (χ1n) is 14.3. The molecule has 0 aromatic heterocycles. The van der Waals surface area contributed by atoms with Crippen LogP contribution in [-0.2, 0) is 16.5 Å². The molecule has 0 fully saturated rings. The van der Waals surface area contributed by atoms with Crippen LogP contribution in [0.4, 0.5) is 0 Å². The summed E-state index contributed by atoms with van der Waals surface area (Å²) in [7, 11) is 0. The molecule has 0 radical (unpaired) electrons. The molecule has 0 saturated carbocycles. The van der Waals surface area contributed by atoms with Crippen molar-refractivity contribution in [3.05, 3.63) is 108 Å². The van der Waals surface area contributed by atoms with Gasteiger partial charge in [0.25, 0.3) is 0 Å². The summed E-state index contributed by atoms with van der Waals surface area (Å²) < 4.78 is 1.70. The molecule has 0 bridgehead atoms. The SMILES string of the molecule is CC(CC1=CCCC=CCC1)([Se]c1ccccc1)C1CCC(c2ccc(C3=CCCC=CCC3)cc2)=N1.[Ni]. The summed E-state index contributed by atoms with van der Waals surface area (Å²) >= 11 is 0.375. The second-order valence-electron chi connectivity index (χ2n) is 10.9. The number of hydrogen-bond acceptors (Lipinski definition) is 1. The fraction of sp³-hybridized carbons (Fsp3) is 0.400. The van der Waals surface area contributed by atoms with Gasteiger partial charge >= 0.3 is 225 Å². The van der Waals surface area contributed by atoms with Crippen molar-refractivity contribution in [3.63, 3.8) is 0 Å². The van der Waals surface area contributed by atoms with Crippen LogP contribution in [0.3, 0.4) is 0 Å².